The van der Waals surface area contributed by atoms with Crippen LogP contribution < -0.4 is 0 Å². The maximum atomic E-state index is 12.6. The first kappa shape index (κ1) is 30.3. The molecule has 0 aliphatic heterocycles. The van der Waals surface area contributed by atoms with E-state index in [9.17, 15) is 14.7 Å². The summed E-state index contributed by atoms with van der Waals surface area (Å²) in [4.78, 5) is 25.0. The van der Waals surface area contributed by atoms with Crippen molar-refractivity contribution in [3.05, 3.63) is 35.1 Å². The molecule has 2 unspecified atom stereocenters. The number of ether oxygens (including phenoxy) is 1. The van der Waals surface area contributed by atoms with E-state index >= 15 is 0 Å². The summed E-state index contributed by atoms with van der Waals surface area (Å²) in [5, 5.41) is 10.6. The molecule has 0 aromatic heterocycles. The van der Waals surface area contributed by atoms with Gasteiger partial charge in [-0.05, 0) is 72.0 Å². The van der Waals surface area contributed by atoms with Gasteiger partial charge in [0.2, 0.25) is 0 Å². The molecule has 0 aliphatic carbocycles. The van der Waals surface area contributed by atoms with Crippen molar-refractivity contribution in [2.45, 2.75) is 105 Å². The second-order valence-corrected chi connectivity index (χ2v) is 15.1. The number of ketones is 1. The zero-order chi connectivity index (χ0) is 25.1. The summed E-state index contributed by atoms with van der Waals surface area (Å²) in [5.41, 5.74) is 2.40. The highest BCUT2D eigenvalue weighted by Crippen LogP contribution is 2.37. The van der Waals surface area contributed by atoms with Crippen molar-refractivity contribution in [2.75, 3.05) is 6.61 Å². The number of carbonyl (C=O) groups is 2. The number of esters is 1. The molecule has 0 aromatic carbocycles. The van der Waals surface area contributed by atoms with E-state index in [0.29, 0.717) is 6.42 Å². The molecule has 0 bridgehead atoms. The Bertz CT molecular complexity index is 706. The van der Waals surface area contributed by atoms with Crippen LogP contribution in [0.15, 0.2) is 35.1 Å². The molecule has 1 N–H and O–H groups in total. The molecule has 0 rings (SSSR count). The van der Waals surface area contributed by atoms with E-state index in [1.807, 2.05) is 19.9 Å². The maximum absolute atomic E-state index is 12.6. The second kappa shape index (κ2) is 13.8. The molecular weight excluding hydrogens is 420 g/mol. The lowest BCUT2D eigenvalue weighted by atomic mass is 9.98. The predicted molar refractivity (Wildman–Crippen MR) is 135 cm³/mol. The average Bonchev–Trinajstić information content (AvgIpc) is 2.59. The molecule has 0 saturated heterocycles. The van der Waals surface area contributed by atoms with Crippen LogP contribution in [0.4, 0.5) is 0 Å². The van der Waals surface area contributed by atoms with Crippen molar-refractivity contribution in [2.24, 2.45) is 5.92 Å². The Labute approximate surface area is 197 Å². The van der Waals surface area contributed by atoms with Crippen LogP contribution in [0.1, 0.15) is 81.1 Å². The van der Waals surface area contributed by atoms with E-state index in [1.54, 1.807) is 6.92 Å². The lowest BCUT2D eigenvalue weighted by Gasteiger charge is -2.38. The zero-order valence-electron chi connectivity index (χ0n) is 22.0. The van der Waals surface area contributed by atoms with E-state index in [-0.39, 0.29) is 35.7 Å². The molecule has 0 radical (unpaired) electrons. The Balaban J connectivity index is 5.26. The quantitative estimate of drug-likeness (QED) is 0.103. The first-order valence-electron chi connectivity index (χ1n) is 11.7. The Morgan fingerprint density at radius 3 is 2.19 bits per heavy atom. The van der Waals surface area contributed by atoms with Gasteiger partial charge < -0.3 is 14.3 Å². The number of hydrogen-bond donors (Lipinski definition) is 1. The molecule has 0 aromatic rings. The summed E-state index contributed by atoms with van der Waals surface area (Å²) in [6.45, 7) is 20.7. The van der Waals surface area contributed by atoms with Gasteiger partial charge in [0, 0.05) is 18.6 Å². The first-order valence-corrected chi connectivity index (χ1v) is 14.6. The van der Waals surface area contributed by atoms with Crippen LogP contribution in [0.5, 0.6) is 0 Å². The van der Waals surface area contributed by atoms with E-state index in [2.05, 4.69) is 53.8 Å². The van der Waals surface area contributed by atoms with Crippen molar-refractivity contribution < 1.29 is 23.9 Å². The van der Waals surface area contributed by atoms with Crippen LogP contribution in [0, 0.1) is 5.92 Å². The van der Waals surface area contributed by atoms with Gasteiger partial charge in [-0.3, -0.25) is 9.59 Å². The minimum atomic E-state index is -1.99. The molecule has 0 spiro atoms. The second-order valence-electron chi connectivity index (χ2n) is 10.3. The summed E-state index contributed by atoms with van der Waals surface area (Å²) in [5.74, 6) is -1.91. The lowest BCUT2D eigenvalue weighted by molar-refractivity contribution is -0.147. The average molecular weight is 467 g/mol. The van der Waals surface area contributed by atoms with Crippen LogP contribution in [0.2, 0.25) is 18.1 Å². The molecule has 0 aliphatic rings. The molecule has 184 valence electrons. The highest BCUT2D eigenvalue weighted by Gasteiger charge is 2.38. The maximum Gasteiger partial charge on any atom is 0.316 e. The Hall–Kier alpha value is -1.66. The molecule has 0 fully saturated rings. The van der Waals surface area contributed by atoms with Crippen molar-refractivity contribution in [3.8, 4) is 0 Å². The zero-order valence-corrected chi connectivity index (χ0v) is 23.0. The molecule has 0 saturated carbocycles. The third-order valence-corrected chi connectivity index (χ3v) is 10.4. The van der Waals surface area contributed by atoms with Gasteiger partial charge in [0.1, 0.15) is 11.7 Å². The van der Waals surface area contributed by atoms with E-state index < -0.39 is 20.2 Å². The van der Waals surface area contributed by atoms with Gasteiger partial charge in [-0.25, -0.2) is 0 Å². The van der Waals surface area contributed by atoms with Crippen LogP contribution in [-0.4, -0.2) is 37.9 Å². The fourth-order valence-electron chi connectivity index (χ4n) is 2.92. The standard InChI is InChI=1S/C26H46O5Si/c1-11-30-25(29)23(16-15-20(4)14-12-13-19(2)3)24(28)18-22(27)17-21(5)31-32(9,10)26(6,7)8/h13,15,18,21,23,28H,11-12,14,16-17H2,1-10H3/b20-15+,24-18+. The van der Waals surface area contributed by atoms with Gasteiger partial charge in [-0.2, -0.15) is 0 Å². The van der Waals surface area contributed by atoms with E-state index in [0.717, 1.165) is 18.4 Å². The molecule has 2 atom stereocenters. The van der Waals surface area contributed by atoms with Crippen molar-refractivity contribution in [1.29, 1.82) is 0 Å². The Morgan fingerprint density at radius 2 is 1.69 bits per heavy atom. The summed E-state index contributed by atoms with van der Waals surface area (Å²) in [6.07, 6.45) is 7.29. The topological polar surface area (TPSA) is 72.8 Å². The lowest BCUT2D eigenvalue weighted by Crippen LogP contribution is -2.43. The summed E-state index contributed by atoms with van der Waals surface area (Å²) in [6, 6.07) is 0. The fourth-order valence-corrected chi connectivity index (χ4v) is 4.36. The van der Waals surface area contributed by atoms with Gasteiger partial charge in [0.25, 0.3) is 0 Å². The third-order valence-electron chi connectivity index (χ3n) is 5.82. The fraction of sp³-hybridized carbons (Fsp3) is 0.692. The molecule has 0 amide bonds. The van der Waals surface area contributed by atoms with Gasteiger partial charge in [-0.1, -0.05) is 44.1 Å². The van der Waals surface area contributed by atoms with E-state index in [4.69, 9.17) is 9.16 Å². The number of aliphatic hydroxyl groups excluding tert-OH is 1. The molecular formula is C26H46O5Si. The number of rotatable bonds is 13. The van der Waals surface area contributed by atoms with Gasteiger partial charge >= 0.3 is 5.97 Å². The largest absolute Gasteiger partial charge is 0.511 e. The minimum Gasteiger partial charge on any atom is -0.511 e. The molecule has 5 nitrogen and oxygen atoms in total. The van der Waals surface area contributed by atoms with Crippen LogP contribution >= 0.6 is 0 Å². The number of hydrogen-bond acceptors (Lipinski definition) is 5. The van der Waals surface area contributed by atoms with Crippen LogP contribution in [-0.2, 0) is 18.8 Å². The van der Waals surface area contributed by atoms with Crippen molar-refractivity contribution in [3.63, 3.8) is 0 Å². The smallest absolute Gasteiger partial charge is 0.316 e. The SMILES string of the molecule is CCOC(=O)C(C/C=C(\C)CCC=C(C)C)/C(O)=C\C(=O)CC(C)O[Si](C)(C)C(C)(C)C. The first-order chi connectivity index (χ1) is 14.6. The Kier molecular flexibility index (Phi) is 13.1. The third kappa shape index (κ3) is 11.8. The summed E-state index contributed by atoms with van der Waals surface area (Å²) < 4.78 is 11.4. The highest BCUT2D eigenvalue weighted by molar-refractivity contribution is 6.74. The monoisotopic (exact) mass is 466 g/mol. The number of carbonyl (C=O) groups excluding carboxylic acids is 2. The number of allylic oxidation sites excluding steroid dienone is 5. The molecule has 32 heavy (non-hydrogen) atoms. The Morgan fingerprint density at radius 1 is 1.09 bits per heavy atom. The predicted octanol–water partition coefficient (Wildman–Crippen LogP) is 7.06. The van der Waals surface area contributed by atoms with E-state index in [1.165, 1.54) is 11.6 Å². The van der Waals surface area contributed by atoms with Crippen molar-refractivity contribution >= 4 is 20.1 Å². The van der Waals surface area contributed by atoms with Crippen LogP contribution in [0.3, 0.4) is 0 Å². The summed E-state index contributed by atoms with van der Waals surface area (Å²) in [7, 11) is -1.99. The number of aliphatic hydroxyl groups is 1. The van der Waals surface area contributed by atoms with Gasteiger partial charge in [0.15, 0.2) is 14.1 Å². The van der Waals surface area contributed by atoms with Crippen molar-refractivity contribution in [1.82, 2.24) is 0 Å². The van der Waals surface area contributed by atoms with Gasteiger partial charge in [0.05, 0.1) is 6.61 Å². The minimum absolute atomic E-state index is 0.0487. The highest BCUT2D eigenvalue weighted by atomic mass is 28.4. The molecule has 6 heteroatoms. The summed E-state index contributed by atoms with van der Waals surface area (Å²) >= 11 is 0. The van der Waals surface area contributed by atoms with Gasteiger partial charge in [-0.15, -0.1) is 0 Å². The normalized spacial score (nSPS) is 15.2. The molecule has 0 heterocycles. The van der Waals surface area contributed by atoms with Crippen LogP contribution in [0.25, 0.3) is 0 Å².